The van der Waals surface area contributed by atoms with Crippen molar-refractivity contribution in [3.63, 3.8) is 0 Å². The molecule has 0 spiro atoms. The van der Waals surface area contributed by atoms with E-state index in [0.29, 0.717) is 6.61 Å². The molecule has 4 heteroatoms. The molecule has 0 aromatic heterocycles. The van der Waals surface area contributed by atoms with Crippen LogP contribution in [-0.4, -0.2) is 24.8 Å². The summed E-state index contributed by atoms with van der Waals surface area (Å²) in [6.45, 7) is 2.13. The monoisotopic (exact) mass is 222 g/mol. The number of ether oxygens (including phenoxy) is 2. The van der Waals surface area contributed by atoms with Gasteiger partial charge in [-0.1, -0.05) is 13.0 Å². The molecule has 16 heavy (non-hydrogen) atoms. The van der Waals surface area contributed by atoms with Gasteiger partial charge in [0.1, 0.15) is 11.5 Å². The largest absolute Gasteiger partial charge is 0.497 e. The molecule has 0 radical (unpaired) electrons. The summed E-state index contributed by atoms with van der Waals surface area (Å²) in [5, 5.41) is 8.99. The van der Waals surface area contributed by atoms with Crippen molar-refractivity contribution in [3.05, 3.63) is 23.8 Å². The molecule has 1 aromatic rings. The van der Waals surface area contributed by atoms with Gasteiger partial charge in [0.15, 0.2) is 0 Å². The molecule has 1 aliphatic heterocycles. The molecule has 1 N–H and O–H groups in total. The fourth-order valence-electron chi connectivity index (χ4n) is 1.93. The number of hydrogen-bond acceptors (Lipinski definition) is 3. The molecule has 1 aromatic carbocycles. The van der Waals surface area contributed by atoms with E-state index >= 15 is 0 Å². The van der Waals surface area contributed by atoms with Gasteiger partial charge in [0, 0.05) is 17.5 Å². The minimum absolute atomic E-state index is 0.0709. The summed E-state index contributed by atoms with van der Waals surface area (Å²) in [7, 11) is 1.59. The van der Waals surface area contributed by atoms with E-state index in [1.807, 2.05) is 12.1 Å². The van der Waals surface area contributed by atoms with E-state index in [9.17, 15) is 4.79 Å². The second kappa shape index (κ2) is 4.04. The van der Waals surface area contributed by atoms with Gasteiger partial charge < -0.3 is 14.6 Å². The van der Waals surface area contributed by atoms with Crippen LogP contribution in [0.4, 0.5) is 0 Å². The Morgan fingerprint density at radius 3 is 3.00 bits per heavy atom. The van der Waals surface area contributed by atoms with Crippen LogP contribution < -0.4 is 9.47 Å². The first-order chi connectivity index (χ1) is 7.63. The smallest absolute Gasteiger partial charge is 0.306 e. The van der Waals surface area contributed by atoms with Crippen LogP contribution in [0.15, 0.2) is 18.2 Å². The Kier molecular flexibility index (Phi) is 2.73. The lowest BCUT2D eigenvalue weighted by atomic mass is 9.89. The van der Waals surface area contributed by atoms with E-state index in [1.165, 1.54) is 0 Å². The van der Waals surface area contributed by atoms with Crippen molar-refractivity contribution in [2.75, 3.05) is 13.7 Å². The highest BCUT2D eigenvalue weighted by Crippen LogP contribution is 2.40. The molecule has 0 amide bonds. The second-order valence-corrected chi connectivity index (χ2v) is 3.95. The SMILES string of the molecule is COc1ccc2c(c1)OCC2C(C)C(=O)O. The molecule has 1 heterocycles. The Morgan fingerprint density at radius 2 is 2.38 bits per heavy atom. The number of benzene rings is 1. The van der Waals surface area contributed by atoms with Gasteiger partial charge in [-0.2, -0.15) is 0 Å². The van der Waals surface area contributed by atoms with Crippen LogP contribution in [0.25, 0.3) is 0 Å². The van der Waals surface area contributed by atoms with Crippen molar-refractivity contribution in [1.82, 2.24) is 0 Å². The Hall–Kier alpha value is -1.71. The molecule has 4 nitrogen and oxygen atoms in total. The van der Waals surface area contributed by atoms with Crippen LogP contribution in [0.2, 0.25) is 0 Å². The molecule has 0 saturated heterocycles. The van der Waals surface area contributed by atoms with E-state index < -0.39 is 11.9 Å². The topological polar surface area (TPSA) is 55.8 Å². The predicted molar refractivity (Wildman–Crippen MR) is 58.0 cm³/mol. The summed E-state index contributed by atoms with van der Waals surface area (Å²) in [5.41, 5.74) is 0.954. The van der Waals surface area contributed by atoms with Crippen molar-refractivity contribution in [2.45, 2.75) is 12.8 Å². The Bertz CT molecular complexity index is 413. The van der Waals surface area contributed by atoms with Gasteiger partial charge >= 0.3 is 5.97 Å². The summed E-state index contributed by atoms with van der Waals surface area (Å²) < 4.78 is 10.6. The number of rotatable bonds is 3. The van der Waals surface area contributed by atoms with Crippen LogP contribution in [0.3, 0.4) is 0 Å². The molecule has 2 atom stereocenters. The first kappa shape index (κ1) is 10.8. The average Bonchev–Trinajstić information content (AvgIpc) is 2.70. The van der Waals surface area contributed by atoms with Crippen LogP contribution in [-0.2, 0) is 4.79 Å². The lowest BCUT2D eigenvalue weighted by Crippen LogP contribution is -2.19. The van der Waals surface area contributed by atoms with Gasteiger partial charge in [-0.15, -0.1) is 0 Å². The Morgan fingerprint density at radius 1 is 1.62 bits per heavy atom. The van der Waals surface area contributed by atoms with E-state index in [1.54, 1.807) is 20.1 Å². The standard InChI is InChI=1S/C12H14O4/c1-7(12(13)14)10-6-16-11-5-8(15-2)3-4-9(10)11/h3-5,7,10H,6H2,1-2H3,(H,13,14). The van der Waals surface area contributed by atoms with E-state index in [2.05, 4.69) is 0 Å². The molecule has 2 rings (SSSR count). The van der Waals surface area contributed by atoms with Crippen molar-refractivity contribution < 1.29 is 19.4 Å². The van der Waals surface area contributed by atoms with Crippen LogP contribution in [0.5, 0.6) is 11.5 Å². The van der Waals surface area contributed by atoms with Crippen molar-refractivity contribution in [3.8, 4) is 11.5 Å². The summed E-state index contributed by atoms with van der Waals surface area (Å²) >= 11 is 0. The Labute approximate surface area is 93.8 Å². The number of carboxylic acids is 1. The van der Waals surface area contributed by atoms with E-state index in [0.717, 1.165) is 17.1 Å². The Balaban J connectivity index is 2.30. The van der Waals surface area contributed by atoms with Gasteiger partial charge in [0.2, 0.25) is 0 Å². The summed E-state index contributed by atoms with van der Waals surface area (Å²) in [4.78, 5) is 10.9. The fraction of sp³-hybridized carbons (Fsp3) is 0.417. The highest BCUT2D eigenvalue weighted by molar-refractivity contribution is 5.71. The van der Waals surface area contributed by atoms with Crippen LogP contribution in [0, 0.1) is 5.92 Å². The zero-order chi connectivity index (χ0) is 11.7. The highest BCUT2D eigenvalue weighted by atomic mass is 16.5. The minimum Gasteiger partial charge on any atom is -0.497 e. The van der Waals surface area contributed by atoms with Crippen LogP contribution in [0.1, 0.15) is 18.4 Å². The average molecular weight is 222 g/mol. The maximum Gasteiger partial charge on any atom is 0.306 e. The third kappa shape index (κ3) is 1.71. The third-order valence-corrected chi connectivity index (χ3v) is 3.03. The summed E-state index contributed by atoms with van der Waals surface area (Å²) in [6, 6.07) is 5.50. The first-order valence-corrected chi connectivity index (χ1v) is 5.17. The lowest BCUT2D eigenvalue weighted by molar-refractivity contribution is -0.142. The van der Waals surface area contributed by atoms with E-state index in [-0.39, 0.29) is 5.92 Å². The third-order valence-electron chi connectivity index (χ3n) is 3.03. The molecular weight excluding hydrogens is 208 g/mol. The number of carboxylic acid groups (broad SMARTS) is 1. The number of methoxy groups -OCH3 is 1. The highest BCUT2D eigenvalue weighted by Gasteiger charge is 2.32. The van der Waals surface area contributed by atoms with Crippen molar-refractivity contribution >= 4 is 5.97 Å². The summed E-state index contributed by atoms with van der Waals surface area (Å²) in [5.74, 6) is 0.158. The maximum absolute atomic E-state index is 10.9. The molecule has 0 saturated carbocycles. The molecule has 0 aliphatic carbocycles. The molecule has 1 aliphatic rings. The number of hydrogen-bond donors (Lipinski definition) is 1. The summed E-state index contributed by atoms with van der Waals surface area (Å²) in [6.07, 6.45) is 0. The molecule has 0 fully saturated rings. The van der Waals surface area contributed by atoms with Crippen molar-refractivity contribution in [1.29, 1.82) is 0 Å². The molecular formula is C12H14O4. The number of aliphatic carboxylic acids is 1. The van der Waals surface area contributed by atoms with Crippen molar-refractivity contribution in [2.24, 2.45) is 5.92 Å². The van der Waals surface area contributed by atoms with E-state index in [4.69, 9.17) is 14.6 Å². The van der Waals surface area contributed by atoms with Gasteiger partial charge in [-0.25, -0.2) is 0 Å². The lowest BCUT2D eigenvalue weighted by Gasteiger charge is -2.13. The zero-order valence-corrected chi connectivity index (χ0v) is 9.27. The van der Waals surface area contributed by atoms with Gasteiger partial charge in [0.25, 0.3) is 0 Å². The first-order valence-electron chi connectivity index (χ1n) is 5.17. The minimum atomic E-state index is -0.794. The van der Waals surface area contributed by atoms with Gasteiger partial charge in [-0.3, -0.25) is 4.79 Å². The fourth-order valence-corrected chi connectivity index (χ4v) is 1.93. The zero-order valence-electron chi connectivity index (χ0n) is 9.27. The number of carbonyl (C=O) groups is 1. The maximum atomic E-state index is 10.9. The number of fused-ring (bicyclic) bond motifs is 1. The normalized spacial score (nSPS) is 19.8. The van der Waals surface area contributed by atoms with Gasteiger partial charge in [-0.05, 0) is 6.07 Å². The van der Waals surface area contributed by atoms with Gasteiger partial charge in [0.05, 0.1) is 19.6 Å². The molecule has 0 bridgehead atoms. The van der Waals surface area contributed by atoms with Crippen LogP contribution >= 0.6 is 0 Å². The second-order valence-electron chi connectivity index (χ2n) is 3.95. The predicted octanol–water partition coefficient (Wildman–Crippen LogP) is 1.89. The quantitative estimate of drug-likeness (QED) is 0.848. The molecule has 2 unspecified atom stereocenters. The molecule has 86 valence electrons.